The normalized spacial score (nSPS) is 19.1. The molecular weight excluding hydrogens is 330 g/mol. The third-order valence-corrected chi connectivity index (χ3v) is 6.20. The number of hydrogen-bond acceptors (Lipinski definition) is 2. The van der Waals surface area contributed by atoms with Crippen LogP contribution in [0.4, 0.5) is 0 Å². The second-order valence-electron chi connectivity index (χ2n) is 6.99. The number of hydrogen-bond donors (Lipinski definition) is 1. The molecular formula is C21H21NO2S. The zero-order valence-electron chi connectivity index (χ0n) is 14.0. The molecule has 2 aromatic carbocycles. The van der Waals surface area contributed by atoms with Crippen LogP contribution in [0.3, 0.4) is 0 Å². The van der Waals surface area contributed by atoms with E-state index in [4.69, 9.17) is 5.14 Å². The number of primary sulfonamides is 1. The molecule has 3 nitrogen and oxygen atoms in total. The van der Waals surface area contributed by atoms with Gasteiger partial charge in [0.25, 0.3) is 0 Å². The molecule has 2 aliphatic rings. The van der Waals surface area contributed by atoms with Gasteiger partial charge in [0, 0.05) is 5.41 Å². The van der Waals surface area contributed by atoms with E-state index in [9.17, 15) is 8.42 Å². The Balaban J connectivity index is 1.80. The fourth-order valence-electron chi connectivity index (χ4n) is 4.01. The monoisotopic (exact) mass is 351 g/mol. The SMILES string of the molecule is NS(=O)(=O)c1ccc(C2=CC3(C=C2c2ccccc2)CCCC3)cc1. The number of sulfonamides is 1. The first-order valence-corrected chi connectivity index (χ1v) is 10.2. The zero-order valence-corrected chi connectivity index (χ0v) is 14.8. The minimum absolute atomic E-state index is 0.149. The molecule has 0 aliphatic heterocycles. The van der Waals surface area contributed by atoms with Gasteiger partial charge >= 0.3 is 0 Å². The average molecular weight is 351 g/mol. The Morgan fingerprint density at radius 2 is 1.28 bits per heavy atom. The second kappa shape index (κ2) is 5.97. The summed E-state index contributed by atoms with van der Waals surface area (Å²) >= 11 is 0. The Labute approximate surface area is 148 Å². The summed E-state index contributed by atoms with van der Waals surface area (Å²) in [6.45, 7) is 0. The van der Waals surface area contributed by atoms with Crippen LogP contribution in [0.1, 0.15) is 36.8 Å². The Kier molecular flexibility index (Phi) is 3.89. The van der Waals surface area contributed by atoms with Crippen LogP contribution in [0.5, 0.6) is 0 Å². The summed E-state index contributed by atoms with van der Waals surface area (Å²) < 4.78 is 23.0. The standard InChI is InChI=1S/C21H21NO2S/c22-25(23,24)18-10-8-17(9-11-18)20-15-21(12-4-5-13-21)14-19(20)16-6-2-1-3-7-16/h1-3,6-11,14-15H,4-5,12-13H2,(H2,22,23,24). The van der Waals surface area contributed by atoms with Gasteiger partial charge in [-0.05, 0) is 47.2 Å². The maximum Gasteiger partial charge on any atom is 0.238 e. The van der Waals surface area contributed by atoms with Crippen molar-refractivity contribution in [3.05, 3.63) is 77.9 Å². The summed E-state index contributed by atoms with van der Waals surface area (Å²) in [5.41, 5.74) is 4.82. The molecule has 0 radical (unpaired) electrons. The molecule has 4 heteroatoms. The van der Waals surface area contributed by atoms with Crippen LogP contribution in [-0.4, -0.2) is 8.42 Å². The van der Waals surface area contributed by atoms with E-state index in [1.165, 1.54) is 42.4 Å². The Hall–Kier alpha value is -2.17. The van der Waals surface area contributed by atoms with Gasteiger partial charge < -0.3 is 0 Å². The third-order valence-electron chi connectivity index (χ3n) is 5.27. The van der Waals surface area contributed by atoms with Crippen molar-refractivity contribution in [2.75, 3.05) is 0 Å². The van der Waals surface area contributed by atoms with Crippen LogP contribution < -0.4 is 5.14 Å². The van der Waals surface area contributed by atoms with Crippen LogP contribution in [0.15, 0.2) is 71.6 Å². The molecule has 2 aromatic rings. The van der Waals surface area contributed by atoms with Gasteiger partial charge in [-0.3, -0.25) is 0 Å². The summed E-state index contributed by atoms with van der Waals surface area (Å²) in [5, 5.41) is 5.22. The lowest BCUT2D eigenvalue weighted by Gasteiger charge is -2.16. The van der Waals surface area contributed by atoms with Crippen molar-refractivity contribution in [2.24, 2.45) is 10.6 Å². The highest BCUT2D eigenvalue weighted by Crippen LogP contribution is 2.51. The second-order valence-corrected chi connectivity index (χ2v) is 8.55. The lowest BCUT2D eigenvalue weighted by molar-refractivity contribution is 0.523. The summed E-state index contributed by atoms with van der Waals surface area (Å²) in [7, 11) is -3.67. The molecule has 2 N–H and O–H groups in total. The molecule has 1 saturated carbocycles. The van der Waals surface area contributed by atoms with Crippen molar-refractivity contribution in [1.82, 2.24) is 0 Å². The van der Waals surface area contributed by atoms with Gasteiger partial charge in [0.1, 0.15) is 0 Å². The van der Waals surface area contributed by atoms with Crippen LogP contribution in [0.2, 0.25) is 0 Å². The molecule has 2 aliphatic carbocycles. The minimum Gasteiger partial charge on any atom is -0.225 e. The summed E-state index contributed by atoms with van der Waals surface area (Å²) in [4.78, 5) is 0.149. The molecule has 0 heterocycles. The Morgan fingerprint density at radius 1 is 0.760 bits per heavy atom. The first-order valence-electron chi connectivity index (χ1n) is 8.62. The number of rotatable bonds is 3. The van der Waals surface area contributed by atoms with E-state index >= 15 is 0 Å². The number of nitrogens with two attached hydrogens (primary N) is 1. The molecule has 0 amide bonds. The predicted octanol–water partition coefficient (Wildman–Crippen LogP) is 4.38. The molecule has 0 aromatic heterocycles. The first-order chi connectivity index (χ1) is 12.0. The van der Waals surface area contributed by atoms with Crippen molar-refractivity contribution in [3.8, 4) is 0 Å². The fourth-order valence-corrected chi connectivity index (χ4v) is 4.53. The Bertz CT molecular complexity index is 949. The molecule has 128 valence electrons. The highest BCUT2D eigenvalue weighted by molar-refractivity contribution is 7.89. The van der Waals surface area contributed by atoms with E-state index in [1.807, 2.05) is 18.2 Å². The van der Waals surface area contributed by atoms with E-state index in [-0.39, 0.29) is 10.3 Å². The van der Waals surface area contributed by atoms with Crippen LogP contribution in [0.25, 0.3) is 11.1 Å². The lowest BCUT2D eigenvalue weighted by atomic mass is 9.88. The van der Waals surface area contributed by atoms with Crippen LogP contribution >= 0.6 is 0 Å². The first kappa shape index (κ1) is 16.3. The van der Waals surface area contributed by atoms with Gasteiger partial charge in [0.2, 0.25) is 10.0 Å². The molecule has 0 bridgehead atoms. The molecule has 1 spiro atoms. The van der Waals surface area contributed by atoms with Crippen molar-refractivity contribution in [2.45, 2.75) is 30.6 Å². The van der Waals surface area contributed by atoms with E-state index in [1.54, 1.807) is 12.1 Å². The van der Waals surface area contributed by atoms with Gasteiger partial charge in [0.05, 0.1) is 4.90 Å². The van der Waals surface area contributed by atoms with E-state index < -0.39 is 10.0 Å². The largest absolute Gasteiger partial charge is 0.238 e. The smallest absolute Gasteiger partial charge is 0.225 e. The highest BCUT2D eigenvalue weighted by Gasteiger charge is 2.35. The van der Waals surface area contributed by atoms with Crippen molar-refractivity contribution >= 4 is 21.2 Å². The molecule has 25 heavy (non-hydrogen) atoms. The van der Waals surface area contributed by atoms with Crippen molar-refractivity contribution < 1.29 is 8.42 Å². The fraction of sp³-hybridized carbons (Fsp3) is 0.238. The molecule has 1 fully saturated rings. The van der Waals surface area contributed by atoms with Gasteiger partial charge in [-0.15, -0.1) is 0 Å². The zero-order chi connectivity index (χ0) is 17.5. The predicted molar refractivity (Wildman–Crippen MR) is 101 cm³/mol. The van der Waals surface area contributed by atoms with E-state index in [0.717, 1.165) is 5.56 Å². The van der Waals surface area contributed by atoms with Gasteiger partial charge in [-0.2, -0.15) is 0 Å². The summed E-state index contributed by atoms with van der Waals surface area (Å²) in [6, 6.07) is 17.3. The van der Waals surface area contributed by atoms with Crippen molar-refractivity contribution in [1.29, 1.82) is 0 Å². The van der Waals surface area contributed by atoms with Gasteiger partial charge in [-0.1, -0.05) is 67.5 Å². The number of allylic oxidation sites excluding steroid dienone is 4. The lowest BCUT2D eigenvalue weighted by Crippen LogP contribution is -2.11. The summed E-state index contributed by atoms with van der Waals surface area (Å²) in [6.07, 6.45) is 9.68. The maximum atomic E-state index is 11.5. The van der Waals surface area contributed by atoms with Crippen molar-refractivity contribution in [3.63, 3.8) is 0 Å². The average Bonchev–Trinajstić information content (AvgIpc) is 3.23. The third kappa shape index (κ3) is 3.08. The van der Waals surface area contributed by atoms with Crippen LogP contribution in [-0.2, 0) is 10.0 Å². The minimum atomic E-state index is -3.67. The molecule has 0 unspecified atom stereocenters. The van der Waals surface area contributed by atoms with Gasteiger partial charge in [-0.25, -0.2) is 13.6 Å². The quantitative estimate of drug-likeness (QED) is 0.892. The summed E-state index contributed by atoms with van der Waals surface area (Å²) in [5.74, 6) is 0. The molecule has 0 atom stereocenters. The maximum absolute atomic E-state index is 11.5. The van der Waals surface area contributed by atoms with Crippen LogP contribution in [0, 0.1) is 5.41 Å². The Morgan fingerprint density at radius 3 is 1.80 bits per heavy atom. The van der Waals surface area contributed by atoms with E-state index in [0.29, 0.717) is 0 Å². The van der Waals surface area contributed by atoms with Gasteiger partial charge in [0.15, 0.2) is 0 Å². The highest BCUT2D eigenvalue weighted by atomic mass is 32.2. The molecule has 0 saturated heterocycles. The number of benzene rings is 2. The molecule has 4 rings (SSSR count). The van der Waals surface area contributed by atoms with E-state index in [2.05, 4.69) is 36.4 Å². The topological polar surface area (TPSA) is 60.2 Å².